The van der Waals surface area contributed by atoms with Crippen LogP contribution in [0.1, 0.15) is 40.7 Å². The highest BCUT2D eigenvalue weighted by atomic mass is 19.1. The Kier molecular flexibility index (Phi) is 4.00. The summed E-state index contributed by atoms with van der Waals surface area (Å²) in [5.41, 5.74) is 3.45. The summed E-state index contributed by atoms with van der Waals surface area (Å²) in [5, 5.41) is 1.17. The van der Waals surface area contributed by atoms with Crippen LogP contribution < -0.4 is 0 Å². The number of nitrogens with zero attached hydrogens (tertiary/aromatic N) is 1. The number of hydrogen-bond acceptors (Lipinski definition) is 1. The second-order valence-corrected chi connectivity index (χ2v) is 8.01. The van der Waals surface area contributed by atoms with E-state index < -0.39 is 5.82 Å². The van der Waals surface area contributed by atoms with Gasteiger partial charge in [-0.1, -0.05) is 24.6 Å². The molecule has 27 heavy (non-hydrogen) atoms. The Morgan fingerprint density at radius 2 is 1.93 bits per heavy atom. The van der Waals surface area contributed by atoms with Crippen LogP contribution in [0.2, 0.25) is 0 Å². The number of nitrogens with one attached hydrogen (secondary N) is 1. The molecule has 3 aromatic rings. The largest absolute Gasteiger partial charge is 0.361 e. The Morgan fingerprint density at radius 3 is 2.74 bits per heavy atom. The average molecular weight is 362 g/mol. The van der Waals surface area contributed by atoms with Crippen LogP contribution in [0.15, 0.2) is 48.7 Å². The van der Waals surface area contributed by atoms with Gasteiger partial charge in [-0.25, -0.2) is 4.39 Å². The van der Waals surface area contributed by atoms with Gasteiger partial charge in [0.15, 0.2) is 0 Å². The summed E-state index contributed by atoms with van der Waals surface area (Å²) in [5.74, 6) is 0.669. The molecule has 1 aliphatic heterocycles. The predicted molar refractivity (Wildman–Crippen MR) is 104 cm³/mol. The van der Waals surface area contributed by atoms with Crippen LogP contribution in [0.5, 0.6) is 0 Å². The Balaban J connectivity index is 1.41. The van der Waals surface area contributed by atoms with Crippen molar-refractivity contribution in [3.8, 4) is 0 Å². The lowest BCUT2D eigenvalue weighted by atomic mass is 9.99. The van der Waals surface area contributed by atoms with Crippen molar-refractivity contribution < 1.29 is 9.18 Å². The zero-order valence-electron chi connectivity index (χ0n) is 15.2. The zero-order valence-corrected chi connectivity index (χ0v) is 15.2. The number of likely N-dealkylation sites (tertiary alicyclic amines) is 1. The fourth-order valence-corrected chi connectivity index (χ4v) is 4.94. The molecule has 1 N–H and O–H groups in total. The van der Waals surface area contributed by atoms with E-state index in [1.54, 1.807) is 12.1 Å². The second kappa shape index (κ2) is 6.52. The number of aromatic nitrogens is 1. The fourth-order valence-electron chi connectivity index (χ4n) is 4.94. The van der Waals surface area contributed by atoms with Crippen LogP contribution in [-0.2, 0) is 6.42 Å². The van der Waals surface area contributed by atoms with Crippen molar-refractivity contribution in [3.05, 3.63) is 71.2 Å². The number of hydrogen-bond donors (Lipinski definition) is 1. The minimum absolute atomic E-state index is 0.149. The minimum atomic E-state index is -0.416. The third-order valence-electron chi connectivity index (χ3n) is 6.35. The Labute approximate surface area is 158 Å². The number of aromatic amines is 1. The van der Waals surface area contributed by atoms with Crippen molar-refractivity contribution in [1.82, 2.24) is 9.88 Å². The fraction of sp³-hybridized carbons (Fsp3) is 0.348. The van der Waals surface area contributed by atoms with Gasteiger partial charge < -0.3 is 9.88 Å². The van der Waals surface area contributed by atoms with Gasteiger partial charge in [0.05, 0.1) is 5.56 Å². The molecule has 3 nitrogen and oxygen atoms in total. The molecule has 2 aromatic carbocycles. The number of carbonyl (C=O) groups is 1. The topological polar surface area (TPSA) is 36.1 Å². The molecule has 1 saturated carbocycles. The first-order valence-electron chi connectivity index (χ1n) is 9.82. The van der Waals surface area contributed by atoms with Crippen LogP contribution in [0, 0.1) is 17.7 Å². The molecule has 2 atom stereocenters. The minimum Gasteiger partial charge on any atom is -0.361 e. The monoisotopic (exact) mass is 362 g/mol. The summed E-state index contributed by atoms with van der Waals surface area (Å²) >= 11 is 0. The van der Waals surface area contributed by atoms with Crippen molar-refractivity contribution in [2.75, 3.05) is 13.1 Å². The Morgan fingerprint density at radius 1 is 1.11 bits per heavy atom. The summed E-state index contributed by atoms with van der Waals surface area (Å²) < 4.78 is 14.5. The van der Waals surface area contributed by atoms with Crippen molar-refractivity contribution >= 4 is 16.8 Å². The molecule has 2 fully saturated rings. The number of fused-ring (bicyclic) bond motifs is 2. The van der Waals surface area contributed by atoms with E-state index in [0.29, 0.717) is 18.3 Å². The highest BCUT2D eigenvalue weighted by Gasteiger charge is 2.38. The van der Waals surface area contributed by atoms with E-state index in [9.17, 15) is 9.18 Å². The quantitative estimate of drug-likeness (QED) is 0.716. The molecule has 1 aliphatic carbocycles. The third-order valence-corrected chi connectivity index (χ3v) is 6.35. The lowest BCUT2D eigenvalue weighted by molar-refractivity contribution is 0.0776. The van der Waals surface area contributed by atoms with E-state index in [1.165, 1.54) is 36.3 Å². The summed E-state index contributed by atoms with van der Waals surface area (Å²) in [7, 11) is 0. The lowest BCUT2D eigenvalue weighted by Crippen LogP contribution is -2.30. The van der Waals surface area contributed by atoms with Crippen molar-refractivity contribution in [2.45, 2.75) is 25.7 Å². The van der Waals surface area contributed by atoms with Gasteiger partial charge in [-0.2, -0.15) is 0 Å². The summed E-state index contributed by atoms with van der Waals surface area (Å²) in [6.07, 6.45) is 6.29. The summed E-state index contributed by atoms with van der Waals surface area (Å²) in [4.78, 5) is 18.0. The molecular weight excluding hydrogens is 339 g/mol. The number of carbonyl (C=O) groups excluding carboxylic acids is 1. The van der Waals surface area contributed by atoms with Gasteiger partial charge in [0.25, 0.3) is 5.91 Å². The first-order valence-corrected chi connectivity index (χ1v) is 9.82. The Bertz CT molecular complexity index is 997. The van der Waals surface area contributed by atoms with Gasteiger partial charge in [-0.05, 0) is 66.5 Å². The molecular formula is C23H23FN2O. The highest BCUT2D eigenvalue weighted by Crippen LogP contribution is 2.38. The molecule has 0 bridgehead atoms. The van der Waals surface area contributed by atoms with Gasteiger partial charge in [0.1, 0.15) is 5.82 Å². The number of amides is 1. The molecule has 0 spiro atoms. The molecule has 1 aromatic heterocycles. The standard InChI is InChI=1S/C23H23FN2O/c24-21-8-7-15(11-16-3-2-6-22-19(16)9-10-25-22)12-20(21)23(27)26-13-17-4-1-5-18(17)14-26/h2-3,6-10,12,17-18,25H,1,4-5,11,13-14H2. The molecule has 2 heterocycles. The molecule has 2 unspecified atom stereocenters. The smallest absolute Gasteiger partial charge is 0.256 e. The first kappa shape index (κ1) is 16.5. The highest BCUT2D eigenvalue weighted by molar-refractivity contribution is 5.95. The molecule has 138 valence electrons. The number of H-pyrrole nitrogens is 1. The van der Waals surface area contributed by atoms with E-state index in [2.05, 4.69) is 17.1 Å². The van der Waals surface area contributed by atoms with Crippen LogP contribution in [-0.4, -0.2) is 28.9 Å². The maximum Gasteiger partial charge on any atom is 0.256 e. The van der Waals surface area contributed by atoms with Crippen molar-refractivity contribution in [2.24, 2.45) is 11.8 Å². The molecule has 2 aliphatic rings. The second-order valence-electron chi connectivity index (χ2n) is 8.01. The van der Waals surface area contributed by atoms with E-state index >= 15 is 0 Å². The Hall–Kier alpha value is -2.62. The van der Waals surface area contributed by atoms with E-state index in [1.807, 2.05) is 23.2 Å². The molecule has 1 amide bonds. The summed E-state index contributed by atoms with van der Waals surface area (Å²) in [6, 6.07) is 13.2. The lowest BCUT2D eigenvalue weighted by Gasteiger charge is -2.18. The molecule has 0 radical (unpaired) electrons. The number of rotatable bonds is 3. The van der Waals surface area contributed by atoms with Gasteiger partial charge >= 0.3 is 0 Å². The van der Waals surface area contributed by atoms with E-state index in [0.717, 1.165) is 24.2 Å². The molecule has 1 saturated heterocycles. The van der Waals surface area contributed by atoms with Gasteiger partial charge in [-0.15, -0.1) is 0 Å². The maximum absolute atomic E-state index is 14.5. The van der Waals surface area contributed by atoms with Crippen LogP contribution in [0.3, 0.4) is 0 Å². The molecule has 5 rings (SSSR count). The van der Waals surface area contributed by atoms with Gasteiger partial charge in [0, 0.05) is 30.2 Å². The van der Waals surface area contributed by atoms with Crippen LogP contribution in [0.4, 0.5) is 4.39 Å². The van der Waals surface area contributed by atoms with E-state index in [4.69, 9.17) is 0 Å². The number of halogens is 1. The first-order chi connectivity index (χ1) is 13.2. The van der Waals surface area contributed by atoms with Gasteiger partial charge in [-0.3, -0.25) is 4.79 Å². The SMILES string of the molecule is O=C(c1cc(Cc2cccc3[nH]ccc23)ccc1F)N1CC2CCCC2C1. The van der Waals surface area contributed by atoms with E-state index in [-0.39, 0.29) is 11.5 Å². The zero-order chi connectivity index (χ0) is 18.4. The maximum atomic E-state index is 14.5. The third kappa shape index (κ3) is 2.93. The van der Waals surface area contributed by atoms with Crippen molar-refractivity contribution in [1.29, 1.82) is 0 Å². The average Bonchev–Trinajstić information content (AvgIpc) is 3.38. The normalized spacial score (nSPS) is 21.7. The summed E-state index contributed by atoms with van der Waals surface area (Å²) in [6.45, 7) is 1.58. The van der Waals surface area contributed by atoms with Crippen LogP contribution in [0.25, 0.3) is 10.9 Å². The van der Waals surface area contributed by atoms with Crippen molar-refractivity contribution in [3.63, 3.8) is 0 Å². The molecule has 4 heteroatoms. The van der Waals surface area contributed by atoms with Crippen LogP contribution >= 0.6 is 0 Å². The number of benzene rings is 2. The predicted octanol–water partition coefficient (Wildman–Crippen LogP) is 4.77. The van der Waals surface area contributed by atoms with Gasteiger partial charge in [0.2, 0.25) is 0 Å².